The summed E-state index contributed by atoms with van der Waals surface area (Å²) in [7, 11) is 0. The van der Waals surface area contributed by atoms with Crippen LogP contribution in [0.2, 0.25) is 0 Å². The molecule has 2 heterocycles. The molecule has 2 amide bonds. The summed E-state index contributed by atoms with van der Waals surface area (Å²) in [5.41, 5.74) is 1.84. The Balaban J connectivity index is 1.52. The van der Waals surface area contributed by atoms with Crippen molar-refractivity contribution in [1.82, 2.24) is 19.8 Å². The van der Waals surface area contributed by atoms with E-state index >= 15 is 0 Å². The Morgan fingerprint density at radius 1 is 1.09 bits per heavy atom. The average molecular weight is 445 g/mol. The highest BCUT2D eigenvalue weighted by molar-refractivity contribution is 6.01. The Labute approximate surface area is 195 Å². The molecular weight excluding hydrogens is 412 g/mol. The van der Waals surface area contributed by atoms with Gasteiger partial charge in [0, 0.05) is 12.6 Å². The van der Waals surface area contributed by atoms with Crippen LogP contribution in [-0.4, -0.2) is 44.4 Å². The smallest absolute Gasteiger partial charge is 0.290 e. The quantitative estimate of drug-likeness (QED) is 0.630. The molecule has 0 spiro atoms. The van der Waals surface area contributed by atoms with Crippen LogP contribution in [0.15, 0.2) is 54.6 Å². The van der Waals surface area contributed by atoms with Crippen molar-refractivity contribution in [2.45, 2.75) is 70.0 Å². The number of hydrogen-bond acceptors (Lipinski definition) is 3. The number of imidazole rings is 1. The molecule has 1 fully saturated rings. The zero-order valence-corrected chi connectivity index (χ0v) is 19.5. The Bertz CT molecular complexity index is 1170. The summed E-state index contributed by atoms with van der Waals surface area (Å²) in [5.74, 6) is 0.264. The molecule has 0 radical (unpaired) electrons. The lowest BCUT2D eigenvalue weighted by Gasteiger charge is -2.45. The third-order valence-electron chi connectivity index (χ3n) is 7.41. The van der Waals surface area contributed by atoms with Gasteiger partial charge < -0.3 is 14.8 Å². The van der Waals surface area contributed by atoms with Crippen molar-refractivity contribution in [3.05, 3.63) is 66.0 Å². The van der Waals surface area contributed by atoms with E-state index in [9.17, 15) is 9.59 Å². The molecule has 33 heavy (non-hydrogen) atoms. The zero-order chi connectivity index (χ0) is 23.0. The second-order valence-corrected chi connectivity index (χ2v) is 9.82. The van der Waals surface area contributed by atoms with Crippen molar-refractivity contribution >= 4 is 22.8 Å². The van der Waals surface area contributed by atoms with Crippen molar-refractivity contribution < 1.29 is 9.59 Å². The molecule has 1 aliphatic carbocycles. The number of fused-ring (bicyclic) bond motifs is 3. The normalized spacial score (nSPS) is 22.2. The number of nitrogens with one attached hydrogen (secondary N) is 1. The number of carbonyl (C=O) groups is 2. The van der Waals surface area contributed by atoms with Crippen molar-refractivity contribution in [2.24, 2.45) is 0 Å². The second kappa shape index (κ2) is 8.65. The summed E-state index contributed by atoms with van der Waals surface area (Å²) >= 11 is 0. The van der Waals surface area contributed by atoms with Crippen LogP contribution in [0.5, 0.6) is 0 Å². The van der Waals surface area contributed by atoms with E-state index in [0.29, 0.717) is 18.9 Å². The zero-order valence-electron chi connectivity index (χ0n) is 19.5. The van der Waals surface area contributed by atoms with E-state index in [4.69, 9.17) is 0 Å². The van der Waals surface area contributed by atoms with Crippen LogP contribution in [0.3, 0.4) is 0 Å². The molecule has 2 atom stereocenters. The molecule has 1 N–H and O–H groups in total. The first kappa shape index (κ1) is 21.7. The summed E-state index contributed by atoms with van der Waals surface area (Å²) < 4.78 is 1.93. The van der Waals surface area contributed by atoms with E-state index in [1.807, 2.05) is 54.0 Å². The first-order chi connectivity index (χ1) is 16.0. The molecule has 1 aromatic heterocycles. The van der Waals surface area contributed by atoms with Gasteiger partial charge in [0.2, 0.25) is 5.91 Å². The van der Waals surface area contributed by atoms with Gasteiger partial charge in [-0.05, 0) is 43.4 Å². The minimum atomic E-state index is -0.992. The largest absolute Gasteiger partial charge is 0.351 e. The summed E-state index contributed by atoms with van der Waals surface area (Å²) in [5, 5.41) is 3.30. The maximum absolute atomic E-state index is 13.8. The van der Waals surface area contributed by atoms with E-state index < -0.39 is 5.54 Å². The third-order valence-corrected chi connectivity index (χ3v) is 7.41. The average Bonchev–Trinajstić information content (AvgIpc) is 3.21. The highest BCUT2D eigenvalue weighted by Gasteiger charge is 2.49. The van der Waals surface area contributed by atoms with E-state index in [-0.39, 0.29) is 23.8 Å². The number of benzene rings is 2. The minimum Gasteiger partial charge on any atom is -0.351 e. The summed E-state index contributed by atoms with van der Waals surface area (Å²) in [6.45, 7) is 4.88. The van der Waals surface area contributed by atoms with E-state index in [1.165, 1.54) is 6.42 Å². The molecule has 0 unspecified atom stereocenters. The van der Waals surface area contributed by atoms with Gasteiger partial charge in [-0.25, -0.2) is 4.98 Å². The van der Waals surface area contributed by atoms with Crippen LogP contribution in [-0.2, 0) is 11.3 Å². The molecule has 2 aromatic carbocycles. The fourth-order valence-corrected chi connectivity index (χ4v) is 5.36. The lowest BCUT2D eigenvalue weighted by Crippen LogP contribution is -2.65. The van der Waals surface area contributed by atoms with Gasteiger partial charge in [0.15, 0.2) is 5.82 Å². The molecule has 6 heteroatoms. The molecule has 1 aliphatic heterocycles. The molecular formula is C27H32N4O2. The van der Waals surface area contributed by atoms with Crippen molar-refractivity contribution in [1.29, 1.82) is 0 Å². The fourth-order valence-electron chi connectivity index (χ4n) is 5.36. The SMILES string of the molecule is C[C@@H](CN1C(=O)c2nc3ccccc3n2C[C@]1(C)C(=O)NC1CCCCC1)c1ccccc1. The molecule has 0 saturated heterocycles. The molecule has 5 rings (SSSR count). The first-order valence-corrected chi connectivity index (χ1v) is 12.1. The van der Waals surface area contributed by atoms with E-state index in [0.717, 1.165) is 42.3 Å². The predicted molar refractivity (Wildman–Crippen MR) is 129 cm³/mol. The highest BCUT2D eigenvalue weighted by atomic mass is 16.2. The Morgan fingerprint density at radius 2 is 1.79 bits per heavy atom. The van der Waals surface area contributed by atoms with Crippen molar-refractivity contribution in [3.63, 3.8) is 0 Å². The van der Waals surface area contributed by atoms with Crippen LogP contribution in [0.25, 0.3) is 11.0 Å². The lowest BCUT2D eigenvalue weighted by molar-refractivity contribution is -0.134. The molecule has 0 bridgehead atoms. The Morgan fingerprint density at radius 3 is 2.55 bits per heavy atom. The number of hydrogen-bond donors (Lipinski definition) is 1. The predicted octanol–water partition coefficient (Wildman–Crippen LogP) is 4.50. The monoisotopic (exact) mass is 444 g/mol. The molecule has 6 nitrogen and oxygen atoms in total. The molecule has 2 aliphatic rings. The Hall–Kier alpha value is -3.15. The number of para-hydroxylation sites is 2. The number of rotatable bonds is 5. The van der Waals surface area contributed by atoms with Gasteiger partial charge >= 0.3 is 0 Å². The van der Waals surface area contributed by atoms with Crippen LogP contribution in [0.1, 0.15) is 68.1 Å². The topological polar surface area (TPSA) is 67.2 Å². The highest BCUT2D eigenvalue weighted by Crippen LogP contribution is 2.33. The van der Waals surface area contributed by atoms with Gasteiger partial charge in [-0.2, -0.15) is 0 Å². The van der Waals surface area contributed by atoms with Gasteiger partial charge in [0.25, 0.3) is 5.91 Å². The fraction of sp³-hybridized carbons (Fsp3) is 0.444. The lowest BCUT2D eigenvalue weighted by atomic mass is 9.90. The van der Waals surface area contributed by atoms with E-state index in [1.54, 1.807) is 4.90 Å². The Kier molecular flexibility index (Phi) is 5.69. The van der Waals surface area contributed by atoms with Gasteiger partial charge in [0.1, 0.15) is 5.54 Å². The van der Waals surface area contributed by atoms with Gasteiger partial charge in [-0.15, -0.1) is 0 Å². The number of aromatic nitrogens is 2. The maximum atomic E-state index is 13.8. The number of amides is 2. The molecule has 1 saturated carbocycles. The van der Waals surface area contributed by atoms with Crippen LogP contribution in [0, 0.1) is 0 Å². The number of nitrogens with zero attached hydrogens (tertiary/aromatic N) is 3. The third kappa shape index (κ3) is 3.92. The summed E-state index contributed by atoms with van der Waals surface area (Å²) in [6.07, 6.45) is 5.54. The van der Waals surface area contributed by atoms with Crippen molar-refractivity contribution in [3.8, 4) is 0 Å². The van der Waals surface area contributed by atoms with Gasteiger partial charge in [-0.3, -0.25) is 9.59 Å². The minimum absolute atomic E-state index is 0.0635. The van der Waals surface area contributed by atoms with Crippen LogP contribution < -0.4 is 5.32 Å². The van der Waals surface area contributed by atoms with Gasteiger partial charge in [-0.1, -0.05) is 68.7 Å². The van der Waals surface area contributed by atoms with E-state index in [2.05, 4.69) is 29.4 Å². The van der Waals surface area contributed by atoms with Crippen molar-refractivity contribution in [2.75, 3.05) is 6.54 Å². The second-order valence-electron chi connectivity index (χ2n) is 9.82. The summed E-state index contributed by atoms with van der Waals surface area (Å²) in [6, 6.07) is 18.1. The number of carbonyl (C=O) groups excluding carboxylic acids is 2. The molecule has 172 valence electrons. The van der Waals surface area contributed by atoms with Crippen LogP contribution >= 0.6 is 0 Å². The molecule has 3 aromatic rings. The first-order valence-electron chi connectivity index (χ1n) is 12.1. The van der Waals surface area contributed by atoms with Gasteiger partial charge in [0.05, 0.1) is 17.6 Å². The standard InChI is InChI=1S/C27H32N4O2/c1-19(20-11-5-3-6-12-20)17-31-25(32)24-29-22-15-9-10-16-23(22)30(24)18-27(31,2)26(33)28-21-13-7-4-8-14-21/h3,5-6,9-12,15-16,19,21H,4,7-8,13-14,17-18H2,1-2H3,(H,28,33)/t19-,27+/m0/s1. The van der Waals surface area contributed by atoms with Crippen LogP contribution in [0.4, 0.5) is 0 Å². The summed E-state index contributed by atoms with van der Waals surface area (Å²) in [4.78, 5) is 34.0. The maximum Gasteiger partial charge on any atom is 0.290 e.